The lowest BCUT2D eigenvalue weighted by atomic mass is 10.1. The molecule has 24 heavy (non-hydrogen) atoms. The largest absolute Gasteiger partial charge is 0.493 e. The summed E-state index contributed by atoms with van der Waals surface area (Å²) in [5.74, 6) is 2.11. The average molecular weight is 323 g/mol. The number of aryl methyl sites for hydroxylation is 4. The lowest BCUT2D eigenvalue weighted by molar-refractivity contribution is 0.307. The Labute approximate surface area is 141 Å². The van der Waals surface area contributed by atoms with Crippen LogP contribution >= 0.6 is 0 Å². The molecule has 124 valence electrons. The topological polar surface area (TPSA) is 61.0 Å². The van der Waals surface area contributed by atoms with Gasteiger partial charge >= 0.3 is 0 Å². The molecule has 0 N–H and O–H groups in total. The molecule has 3 aromatic rings. The zero-order chi connectivity index (χ0) is 16.9. The van der Waals surface area contributed by atoms with Gasteiger partial charge in [-0.05, 0) is 68.5 Å². The predicted molar refractivity (Wildman–Crippen MR) is 92.0 cm³/mol. The number of aromatic nitrogens is 3. The summed E-state index contributed by atoms with van der Waals surface area (Å²) in [6.07, 6.45) is 5.61. The molecule has 5 nitrogen and oxygen atoms in total. The van der Waals surface area contributed by atoms with Gasteiger partial charge in [0, 0.05) is 18.0 Å². The first-order valence-electron chi connectivity index (χ1n) is 8.07. The second-order valence-corrected chi connectivity index (χ2v) is 5.90. The second kappa shape index (κ2) is 7.25. The highest BCUT2D eigenvalue weighted by molar-refractivity contribution is 5.60. The molecule has 0 saturated heterocycles. The van der Waals surface area contributed by atoms with Crippen LogP contribution in [0.2, 0.25) is 0 Å². The third-order valence-electron chi connectivity index (χ3n) is 3.81. The minimum atomic E-state index is 0.543. The highest BCUT2D eigenvalue weighted by atomic mass is 16.5. The van der Waals surface area contributed by atoms with Crippen LogP contribution in [0.25, 0.3) is 11.5 Å². The maximum atomic E-state index is 6.00. The lowest BCUT2D eigenvalue weighted by Gasteiger charge is -2.13. The highest BCUT2D eigenvalue weighted by Crippen LogP contribution is 2.29. The van der Waals surface area contributed by atoms with Crippen LogP contribution in [-0.2, 0) is 6.42 Å². The van der Waals surface area contributed by atoms with E-state index in [9.17, 15) is 0 Å². The number of benzene rings is 1. The molecule has 0 amide bonds. The van der Waals surface area contributed by atoms with Gasteiger partial charge in [-0.25, -0.2) is 0 Å². The van der Waals surface area contributed by atoms with E-state index in [-0.39, 0.29) is 0 Å². The van der Waals surface area contributed by atoms with E-state index in [4.69, 9.17) is 9.26 Å². The first kappa shape index (κ1) is 16.2. The van der Waals surface area contributed by atoms with Crippen LogP contribution in [0.15, 0.2) is 41.2 Å². The third-order valence-corrected chi connectivity index (χ3v) is 3.81. The Morgan fingerprint density at radius 3 is 2.54 bits per heavy atom. The van der Waals surface area contributed by atoms with Gasteiger partial charge in [0.2, 0.25) is 0 Å². The molecule has 1 aromatic carbocycles. The molecule has 5 heteroatoms. The summed E-state index contributed by atoms with van der Waals surface area (Å²) in [5, 5.41) is 3.84. The zero-order valence-corrected chi connectivity index (χ0v) is 14.2. The fourth-order valence-electron chi connectivity index (χ4n) is 2.71. The molecule has 0 aliphatic rings. The molecule has 2 aromatic heterocycles. The SMILES string of the molecule is Cc1noc(-c2cc(C)c(OCCCc3cccnc3)c(C)c2)n1. The van der Waals surface area contributed by atoms with Crippen LogP contribution in [0.1, 0.15) is 28.9 Å². The van der Waals surface area contributed by atoms with Crippen LogP contribution < -0.4 is 4.74 Å². The van der Waals surface area contributed by atoms with Crippen molar-refractivity contribution in [2.45, 2.75) is 33.6 Å². The molecular formula is C19H21N3O2. The molecule has 0 aliphatic heterocycles. The number of hydrogen-bond acceptors (Lipinski definition) is 5. The van der Waals surface area contributed by atoms with Crippen molar-refractivity contribution in [1.29, 1.82) is 0 Å². The fraction of sp³-hybridized carbons (Fsp3) is 0.316. The van der Waals surface area contributed by atoms with Gasteiger partial charge in [-0.3, -0.25) is 4.98 Å². The lowest BCUT2D eigenvalue weighted by Crippen LogP contribution is -2.02. The zero-order valence-electron chi connectivity index (χ0n) is 14.2. The van der Waals surface area contributed by atoms with E-state index >= 15 is 0 Å². The summed E-state index contributed by atoms with van der Waals surface area (Å²) < 4.78 is 11.2. The normalized spacial score (nSPS) is 10.8. The van der Waals surface area contributed by atoms with E-state index in [0.29, 0.717) is 18.3 Å². The maximum Gasteiger partial charge on any atom is 0.257 e. The summed E-state index contributed by atoms with van der Waals surface area (Å²) in [4.78, 5) is 8.41. The molecule has 0 spiro atoms. The summed E-state index contributed by atoms with van der Waals surface area (Å²) in [7, 11) is 0. The highest BCUT2D eigenvalue weighted by Gasteiger charge is 2.12. The molecule has 0 unspecified atom stereocenters. The summed E-state index contributed by atoms with van der Waals surface area (Å²) >= 11 is 0. The van der Waals surface area contributed by atoms with Crippen LogP contribution in [0.5, 0.6) is 5.75 Å². The second-order valence-electron chi connectivity index (χ2n) is 5.90. The summed E-state index contributed by atoms with van der Waals surface area (Å²) in [5.41, 5.74) is 4.30. The van der Waals surface area contributed by atoms with Crippen molar-refractivity contribution in [2.24, 2.45) is 0 Å². The maximum absolute atomic E-state index is 6.00. The Hall–Kier alpha value is -2.69. The van der Waals surface area contributed by atoms with Gasteiger partial charge in [0.05, 0.1) is 6.61 Å². The Morgan fingerprint density at radius 1 is 1.12 bits per heavy atom. The number of hydrogen-bond donors (Lipinski definition) is 0. The summed E-state index contributed by atoms with van der Waals surface area (Å²) in [6, 6.07) is 8.10. The van der Waals surface area contributed by atoms with Gasteiger partial charge in [0.15, 0.2) is 5.82 Å². The third kappa shape index (κ3) is 3.79. The van der Waals surface area contributed by atoms with Crippen LogP contribution in [0.4, 0.5) is 0 Å². The van der Waals surface area contributed by atoms with E-state index in [1.165, 1.54) is 5.56 Å². The smallest absolute Gasteiger partial charge is 0.257 e. The monoisotopic (exact) mass is 323 g/mol. The Bertz CT molecular complexity index is 789. The molecule has 0 atom stereocenters. The van der Waals surface area contributed by atoms with Gasteiger partial charge in [0.1, 0.15) is 5.75 Å². The quantitative estimate of drug-likeness (QED) is 0.640. The Balaban J connectivity index is 1.63. The van der Waals surface area contributed by atoms with Crippen molar-refractivity contribution in [3.63, 3.8) is 0 Å². The molecule has 2 heterocycles. The van der Waals surface area contributed by atoms with Crippen molar-refractivity contribution in [1.82, 2.24) is 15.1 Å². The van der Waals surface area contributed by atoms with Crippen LogP contribution in [0, 0.1) is 20.8 Å². The van der Waals surface area contributed by atoms with E-state index in [0.717, 1.165) is 35.3 Å². The minimum absolute atomic E-state index is 0.543. The Morgan fingerprint density at radius 2 is 1.92 bits per heavy atom. The number of rotatable bonds is 6. The van der Waals surface area contributed by atoms with Crippen molar-refractivity contribution >= 4 is 0 Å². The average Bonchev–Trinajstić information content (AvgIpc) is 3.01. The predicted octanol–water partition coefficient (Wildman–Crippen LogP) is 4.07. The van der Waals surface area contributed by atoms with Crippen LogP contribution in [-0.4, -0.2) is 21.7 Å². The van der Waals surface area contributed by atoms with Crippen molar-refractivity contribution in [2.75, 3.05) is 6.61 Å². The Kier molecular flexibility index (Phi) is 4.89. The van der Waals surface area contributed by atoms with Crippen molar-refractivity contribution < 1.29 is 9.26 Å². The molecule has 0 saturated carbocycles. The molecule has 0 fully saturated rings. The fourth-order valence-corrected chi connectivity index (χ4v) is 2.71. The van der Waals surface area contributed by atoms with E-state index in [2.05, 4.69) is 21.2 Å². The number of pyridine rings is 1. The molecule has 0 radical (unpaired) electrons. The molecule has 0 aliphatic carbocycles. The van der Waals surface area contributed by atoms with Gasteiger partial charge in [0.25, 0.3) is 5.89 Å². The van der Waals surface area contributed by atoms with Crippen molar-refractivity contribution in [3.8, 4) is 17.2 Å². The van der Waals surface area contributed by atoms with Gasteiger partial charge in [-0.1, -0.05) is 11.2 Å². The van der Waals surface area contributed by atoms with Crippen LogP contribution in [0.3, 0.4) is 0 Å². The summed E-state index contributed by atoms with van der Waals surface area (Å²) in [6.45, 7) is 6.56. The van der Waals surface area contributed by atoms with Gasteiger partial charge < -0.3 is 9.26 Å². The van der Waals surface area contributed by atoms with E-state index < -0.39 is 0 Å². The minimum Gasteiger partial charge on any atom is -0.493 e. The van der Waals surface area contributed by atoms with E-state index in [1.54, 1.807) is 6.20 Å². The molecule has 3 rings (SSSR count). The van der Waals surface area contributed by atoms with E-state index in [1.807, 2.05) is 45.2 Å². The molecular weight excluding hydrogens is 302 g/mol. The molecule has 0 bridgehead atoms. The first-order chi connectivity index (χ1) is 11.6. The standard InChI is InChI=1S/C19H21N3O2/c1-13-10-17(19-21-15(3)22-24-19)11-14(2)18(13)23-9-5-7-16-6-4-8-20-12-16/h4,6,8,10-12H,5,7,9H2,1-3H3. The van der Waals surface area contributed by atoms with Gasteiger partial charge in [-0.2, -0.15) is 4.98 Å². The van der Waals surface area contributed by atoms with Crippen molar-refractivity contribution in [3.05, 3.63) is 59.2 Å². The van der Waals surface area contributed by atoms with Gasteiger partial charge in [-0.15, -0.1) is 0 Å². The number of nitrogens with zero attached hydrogens (tertiary/aromatic N) is 3. The number of ether oxygens (including phenoxy) is 1. The first-order valence-corrected chi connectivity index (χ1v) is 8.07.